The third kappa shape index (κ3) is 1.63. The Balaban J connectivity index is 2.56. The second kappa shape index (κ2) is 3.07. The maximum absolute atomic E-state index is 11.0. The Morgan fingerprint density at radius 1 is 1.33 bits per heavy atom. The summed E-state index contributed by atoms with van der Waals surface area (Å²) in [5.41, 5.74) is 1.97. The zero-order chi connectivity index (χ0) is 11.2. The van der Waals surface area contributed by atoms with E-state index in [0.717, 1.165) is 29.5 Å². The molecule has 1 aromatic rings. The van der Waals surface area contributed by atoms with Crippen molar-refractivity contribution in [2.24, 2.45) is 0 Å². The van der Waals surface area contributed by atoms with E-state index in [1.54, 1.807) is 13.0 Å². The number of carboxylic acid groups (broad SMARTS) is 1. The molecule has 0 amide bonds. The molecule has 15 heavy (non-hydrogen) atoms. The Morgan fingerprint density at radius 2 is 1.93 bits per heavy atom. The van der Waals surface area contributed by atoms with Gasteiger partial charge in [-0.15, -0.1) is 0 Å². The predicted octanol–water partition coefficient (Wildman–Crippen LogP) is 1.98. The van der Waals surface area contributed by atoms with Gasteiger partial charge in [-0.05, 0) is 49.4 Å². The van der Waals surface area contributed by atoms with Crippen LogP contribution < -0.4 is 0 Å². The Kier molecular flexibility index (Phi) is 2.08. The third-order valence-electron chi connectivity index (χ3n) is 3.16. The topological polar surface area (TPSA) is 57.5 Å². The van der Waals surface area contributed by atoms with Gasteiger partial charge in [-0.3, -0.25) is 0 Å². The van der Waals surface area contributed by atoms with E-state index < -0.39 is 11.6 Å². The second-order valence-corrected chi connectivity index (χ2v) is 4.30. The van der Waals surface area contributed by atoms with Crippen LogP contribution in [0.3, 0.4) is 0 Å². The third-order valence-corrected chi connectivity index (χ3v) is 3.16. The molecule has 3 heteroatoms. The summed E-state index contributed by atoms with van der Waals surface area (Å²) < 4.78 is 0. The van der Waals surface area contributed by atoms with Crippen molar-refractivity contribution >= 4 is 5.97 Å². The van der Waals surface area contributed by atoms with Gasteiger partial charge in [0.1, 0.15) is 0 Å². The monoisotopic (exact) mass is 206 g/mol. The summed E-state index contributed by atoms with van der Waals surface area (Å²) in [5.74, 6) is -0.929. The molecule has 0 bridgehead atoms. The number of hydrogen-bond acceptors (Lipinski definition) is 2. The van der Waals surface area contributed by atoms with Gasteiger partial charge in [0.2, 0.25) is 0 Å². The molecule has 1 aliphatic rings. The molecule has 0 saturated heterocycles. The standard InChI is InChI=1S/C12H14O3/c1-7-5-9(12(15)3-4-12)6-10(8(7)2)11(13)14/h5-6,15H,3-4H2,1-2H3,(H,13,14). The normalized spacial score (nSPS) is 17.5. The lowest BCUT2D eigenvalue weighted by molar-refractivity contribution is 0.0695. The molecule has 0 unspecified atom stereocenters. The van der Waals surface area contributed by atoms with Crippen LogP contribution in [0.5, 0.6) is 0 Å². The molecule has 0 aliphatic heterocycles. The number of aryl methyl sites for hydroxylation is 1. The molecule has 2 rings (SSSR count). The summed E-state index contributed by atoms with van der Waals surface area (Å²) in [4.78, 5) is 11.0. The van der Waals surface area contributed by atoms with Crippen LogP contribution in [-0.2, 0) is 5.60 Å². The van der Waals surface area contributed by atoms with Gasteiger partial charge in [-0.1, -0.05) is 6.07 Å². The minimum atomic E-state index is -0.929. The molecule has 0 spiro atoms. The van der Waals surface area contributed by atoms with Crippen LogP contribution in [0, 0.1) is 13.8 Å². The van der Waals surface area contributed by atoms with E-state index in [1.807, 2.05) is 13.0 Å². The number of hydrogen-bond donors (Lipinski definition) is 2. The van der Waals surface area contributed by atoms with Crippen LogP contribution in [0.1, 0.15) is 39.9 Å². The number of benzene rings is 1. The molecule has 0 aromatic heterocycles. The highest BCUT2D eigenvalue weighted by atomic mass is 16.4. The van der Waals surface area contributed by atoms with Gasteiger partial charge in [0.15, 0.2) is 0 Å². The summed E-state index contributed by atoms with van der Waals surface area (Å²) in [7, 11) is 0. The zero-order valence-corrected chi connectivity index (χ0v) is 8.87. The van der Waals surface area contributed by atoms with E-state index in [0.29, 0.717) is 5.56 Å². The van der Waals surface area contributed by atoms with Gasteiger partial charge in [0.05, 0.1) is 11.2 Å². The molecule has 1 saturated carbocycles. The van der Waals surface area contributed by atoms with E-state index >= 15 is 0 Å². The van der Waals surface area contributed by atoms with Crippen molar-refractivity contribution in [3.63, 3.8) is 0 Å². The molecular formula is C12H14O3. The van der Waals surface area contributed by atoms with E-state index in [2.05, 4.69) is 0 Å². The summed E-state index contributed by atoms with van der Waals surface area (Å²) >= 11 is 0. The second-order valence-electron chi connectivity index (χ2n) is 4.30. The molecule has 0 heterocycles. The smallest absolute Gasteiger partial charge is 0.335 e. The lowest BCUT2D eigenvalue weighted by Crippen LogP contribution is -2.09. The molecule has 1 aromatic carbocycles. The molecule has 1 aliphatic carbocycles. The molecular weight excluding hydrogens is 192 g/mol. The first kappa shape index (κ1) is 10.2. The SMILES string of the molecule is Cc1cc(C2(O)CC2)cc(C(=O)O)c1C. The van der Waals surface area contributed by atoms with Crippen molar-refractivity contribution in [1.82, 2.24) is 0 Å². The van der Waals surface area contributed by atoms with E-state index in [9.17, 15) is 9.90 Å². The van der Waals surface area contributed by atoms with Crippen LogP contribution in [-0.4, -0.2) is 16.2 Å². The number of rotatable bonds is 2. The maximum atomic E-state index is 11.0. The van der Waals surface area contributed by atoms with E-state index in [4.69, 9.17) is 5.11 Å². The van der Waals surface area contributed by atoms with E-state index in [-0.39, 0.29) is 0 Å². The Labute approximate surface area is 88.4 Å². The lowest BCUT2D eigenvalue weighted by atomic mass is 9.96. The van der Waals surface area contributed by atoms with Crippen LogP contribution >= 0.6 is 0 Å². The molecule has 1 fully saturated rings. The summed E-state index contributed by atoms with van der Waals surface area (Å²) in [5, 5.41) is 18.9. The van der Waals surface area contributed by atoms with Crippen LogP contribution in [0.15, 0.2) is 12.1 Å². The van der Waals surface area contributed by atoms with Gasteiger partial charge in [-0.2, -0.15) is 0 Å². The predicted molar refractivity (Wildman–Crippen MR) is 56.0 cm³/mol. The van der Waals surface area contributed by atoms with Gasteiger partial charge < -0.3 is 10.2 Å². The van der Waals surface area contributed by atoms with Gasteiger partial charge in [0.25, 0.3) is 0 Å². The fourth-order valence-electron chi connectivity index (χ4n) is 1.76. The molecule has 80 valence electrons. The largest absolute Gasteiger partial charge is 0.478 e. The van der Waals surface area contributed by atoms with Crippen molar-refractivity contribution in [2.45, 2.75) is 32.3 Å². The van der Waals surface area contributed by atoms with Crippen molar-refractivity contribution in [1.29, 1.82) is 0 Å². The Bertz CT molecular complexity index is 431. The molecule has 0 radical (unpaired) electrons. The number of aliphatic hydroxyl groups is 1. The van der Waals surface area contributed by atoms with Gasteiger partial charge >= 0.3 is 5.97 Å². The van der Waals surface area contributed by atoms with Crippen molar-refractivity contribution in [2.75, 3.05) is 0 Å². The van der Waals surface area contributed by atoms with Gasteiger partial charge in [-0.25, -0.2) is 4.79 Å². The molecule has 0 atom stereocenters. The highest BCUT2D eigenvalue weighted by molar-refractivity contribution is 5.90. The molecule has 2 N–H and O–H groups in total. The quantitative estimate of drug-likeness (QED) is 0.777. The summed E-state index contributed by atoms with van der Waals surface area (Å²) in [6.07, 6.45) is 1.46. The first-order valence-corrected chi connectivity index (χ1v) is 5.01. The minimum absolute atomic E-state index is 0.297. The first-order valence-electron chi connectivity index (χ1n) is 5.01. The Morgan fingerprint density at radius 3 is 2.40 bits per heavy atom. The minimum Gasteiger partial charge on any atom is -0.478 e. The average Bonchev–Trinajstić information content (AvgIpc) is 2.89. The fraction of sp³-hybridized carbons (Fsp3) is 0.417. The first-order chi connectivity index (χ1) is 6.94. The lowest BCUT2D eigenvalue weighted by Gasteiger charge is -2.13. The highest BCUT2D eigenvalue weighted by Gasteiger charge is 2.42. The average molecular weight is 206 g/mol. The number of aromatic carboxylic acids is 1. The zero-order valence-electron chi connectivity index (χ0n) is 8.87. The van der Waals surface area contributed by atoms with E-state index in [1.165, 1.54) is 0 Å². The summed E-state index contributed by atoms with van der Waals surface area (Å²) in [6, 6.07) is 3.48. The highest BCUT2D eigenvalue weighted by Crippen LogP contribution is 2.46. The van der Waals surface area contributed by atoms with Crippen LogP contribution in [0.4, 0.5) is 0 Å². The fourth-order valence-corrected chi connectivity index (χ4v) is 1.76. The maximum Gasteiger partial charge on any atom is 0.335 e. The molecule has 3 nitrogen and oxygen atoms in total. The Hall–Kier alpha value is -1.35. The van der Waals surface area contributed by atoms with Crippen molar-refractivity contribution in [3.05, 3.63) is 34.4 Å². The van der Waals surface area contributed by atoms with Crippen LogP contribution in [0.2, 0.25) is 0 Å². The van der Waals surface area contributed by atoms with Crippen LogP contribution in [0.25, 0.3) is 0 Å². The summed E-state index contributed by atoms with van der Waals surface area (Å²) in [6.45, 7) is 3.66. The van der Waals surface area contributed by atoms with Crippen molar-refractivity contribution < 1.29 is 15.0 Å². The number of carbonyl (C=O) groups is 1. The van der Waals surface area contributed by atoms with Gasteiger partial charge in [0, 0.05) is 0 Å². The van der Waals surface area contributed by atoms with Crippen molar-refractivity contribution in [3.8, 4) is 0 Å². The number of carboxylic acids is 1.